The number of nitrogens with zero attached hydrogens (tertiary/aromatic N) is 3. The summed E-state index contributed by atoms with van der Waals surface area (Å²) in [7, 11) is 0. The molecular formula is C15H17N5. The number of aromatic nitrogens is 4. The first-order valence-electron chi connectivity index (χ1n) is 7.05. The number of nitrogens with one attached hydrogen (secondary N) is 2. The second-order valence-electron chi connectivity index (χ2n) is 5.33. The van der Waals surface area contributed by atoms with Crippen LogP contribution in [0.3, 0.4) is 0 Å². The Balaban J connectivity index is 1.47. The number of aromatic amines is 1. The molecule has 102 valence electrons. The van der Waals surface area contributed by atoms with Gasteiger partial charge in [-0.1, -0.05) is 12.1 Å². The molecule has 1 aromatic carbocycles. The van der Waals surface area contributed by atoms with Crippen molar-refractivity contribution in [3.63, 3.8) is 0 Å². The monoisotopic (exact) mass is 267 g/mol. The van der Waals surface area contributed by atoms with Gasteiger partial charge in [0.15, 0.2) is 0 Å². The van der Waals surface area contributed by atoms with E-state index in [4.69, 9.17) is 0 Å². The topological polar surface area (TPSA) is 58.5 Å². The molecule has 5 nitrogen and oxygen atoms in total. The lowest BCUT2D eigenvalue weighted by Gasteiger charge is -2.23. The number of rotatable bonds is 3. The standard InChI is InChI=1S/C15H17N5/c1-2-11(13-6-7-16-14(13)3-1)8-17-12-4-5-15-18-10-19-20(15)9-12/h1-3,6-7,10,12,16-17H,4-5,8-9H2. The predicted octanol–water partition coefficient (Wildman–Crippen LogP) is 1.86. The lowest BCUT2D eigenvalue weighted by atomic mass is 10.1. The smallest absolute Gasteiger partial charge is 0.138 e. The van der Waals surface area contributed by atoms with Gasteiger partial charge in [0, 0.05) is 36.1 Å². The molecule has 0 spiro atoms. The number of fused-ring (bicyclic) bond motifs is 2. The summed E-state index contributed by atoms with van der Waals surface area (Å²) < 4.78 is 2.01. The van der Waals surface area contributed by atoms with Crippen LogP contribution in [-0.2, 0) is 19.5 Å². The van der Waals surface area contributed by atoms with E-state index < -0.39 is 0 Å². The summed E-state index contributed by atoms with van der Waals surface area (Å²) >= 11 is 0. The van der Waals surface area contributed by atoms with Crippen LogP contribution in [0.1, 0.15) is 17.8 Å². The fraction of sp³-hybridized carbons (Fsp3) is 0.333. The van der Waals surface area contributed by atoms with E-state index >= 15 is 0 Å². The van der Waals surface area contributed by atoms with E-state index in [1.54, 1.807) is 6.33 Å². The molecule has 4 rings (SSSR count). The molecule has 1 aliphatic rings. The van der Waals surface area contributed by atoms with E-state index in [0.29, 0.717) is 6.04 Å². The number of aryl methyl sites for hydroxylation is 1. The van der Waals surface area contributed by atoms with Gasteiger partial charge in [0.1, 0.15) is 12.2 Å². The fourth-order valence-corrected chi connectivity index (χ4v) is 2.96. The van der Waals surface area contributed by atoms with Crippen molar-refractivity contribution in [3.05, 3.63) is 48.2 Å². The van der Waals surface area contributed by atoms with Crippen molar-refractivity contribution in [3.8, 4) is 0 Å². The van der Waals surface area contributed by atoms with Gasteiger partial charge < -0.3 is 10.3 Å². The third-order valence-electron chi connectivity index (χ3n) is 4.07. The van der Waals surface area contributed by atoms with E-state index in [1.807, 2.05) is 10.9 Å². The maximum absolute atomic E-state index is 4.26. The SMILES string of the molecule is c1cc(CNC2CCc3ncnn3C2)c2cc[nH]c2c1. The fourth-order valence-electron chi connectivity index (χ4n) is 2.96. The predicted molar refractivity (Wildman–Crippen MR) is 77.3 cm³/mol. The van der Waals surface area contributed by atoms with Crippen LogP contribution < -0.4 is 5.32 Å². The van der Waals surface area contributed by atoms with Crippen LogP contribution in [0.4, 0.5) is 0 Å². The Morgan fingerprint density at radius 3 is 3.35 bits per heavy atom. The normalized spacial score (nSPS) is 18.3. The van der Waals surface area contributed by atoms with E-state index in [-0.39, 0.29) is 0 Å². The second-order valence-corrected chi connectivity index (χ2v) is 5.33. The largest absolute Gasteiger partial charge is 0.361 e. The van der Waals surface area contributed by atoms with Crippen LogP contribution in [0.2, 0.25) is 0 Å². The minimum absolute atomic E-state index is 0.471. The Kier molecular flexibility index (Phi) is 2.77. The molecular weight excluding hydrogens is 250 g/mol. The summed E-state index contributed by atoms with van der Waals surface area (Å²) in [4.78, 5) is 7.52. The molecule has 1 aliphatic heterocycles. The van der Waals surface area contributed by atoms with Gasteiger partial charge in [-0.2, -0.15) is 5.10 Å². The van der Waals surface area contributed by atoms with E-state index in [2.05, 4.69) is 44.6 Å². The molecule has 0 bridgehead atoms. The average molecular weight is 267 g/mol. The van der Waals surface area contributed by atoms with Gasteiger partial charge in [-0.25, -0.2) is 9.67 Å². The van der Waals surface area contributed by atoms with Crippen LogP contribution in [0.15, 0.2) is 36.8 Å². The Bertz CT molecular complexity index is 727. The molecule has 0 saturated heterocycles. The van der Waals surface area contributed by atoms with Crippen LogP contribution in [0.5, 0.6) is 0 Å². The van der Waals surface area contributed by atoms with Crippen LogP contribution in [0, 0.1) is 0 Å². The summed E-state index contributed by atoms with van der Waals surface area (Å²) in [5.41, 5.74) is 2.54. The first-order chi connectivity index (χ1) is 9.90. The highest BCUT2D eigenvalue weighted by atomic mass is 15.3. The van der Waals surface area contributed by atoms with Gasteiger partial charge in [0.2, 0.25) is 0 Å². The Hall–Kier alpha value is -2.14. The maximum Gasteiger partial charge on any atom is 0.138 e. The first kappa shape index (κ1) is 11.7. The Morgan fingerprint density at radius 1 is 1.35 bits per heavy atom. The van der Waals surface area contributed by atoms with Crippen molar-refractivity contribution >= 4 is 10.9 Å². The quantitative estimate of drug-likeness (QED) is 0.761. The molecule has 0 aliphatic carbocycles. The van der Waals surface area contributed by atoms with E-state index in [1.165, 1.54) is 16.5 Å². The van der Waals surface area contributed by atoms with Crippen molar-refractivity contribution in [2.45, 2.75) is 32.0 Å². The van der Waals surface area contributed by atoms with Gasteiger partial charge >= 0.3 is 0 Å². The number of benzene rings is 1. The summed E-state index contributed by atoms with van der Waals surface area (Å²) in [6, 6.07) is 9.02. The van der Waals surface area contributed by atoms with Crippen LogP contribution >= 0.6 is 0 Å². The lowest BCUT2D eigenvalue weighted by molar-refractivity contribution is 0.358. The lowest BCUT2D eigenvalue weighted by Crippen LogP contribution is -2.37. The molecule has 20 heavy (non-hydrogen) atoms. The van der Waals surface area contributed by atoms with Gasteiger partial charge in [-0.05, 0) is 24.1 Å². The molecule has 0 saturated carbocycles. The minimum Gasteiger partial charge on any atom is -0.361 e. The summed E-state index contributed by atoms with van der Waals surface area (Å²) in [6.45, 7) is 1.81. The molecule has 0 radical (unpaired) electrons. The Morgan fingerprint density at radius 2 is 2.35 bits per heavy atom. The van der Waals surface area contributed by atoms with Crippen molar-refractivity contribution in [2.24, 2.45) is 0 Å². The van der Waals surface area contributed by atoms with Crippen LogP contribution in [-0.4, -0.2) is 25.8 Å². The summed E-state index contributed by atoms with van der Waals surface area (Å²) in [5.74, 6) is 1.11. The third-order valence-corrected chi connectivity index (χ3v) is 4.07. The average Bonchev–Trinajstić information content (AvgIpc) is 3.13. The van der Waals surface area contributed by atoms with Gasteiger partial charge in [-0.3, -0.25) is 0 Å². The highest BCUT2D eigenvalue weighted by molar-refractivity contribution is 5.82. The number of H-pyrrole nitrogens is 1. The molecule has 0 amide bonds. The molecule has 1 unspecified atom stereocenters. The maximum atomic E-state index is 4.26. The third kappa shape index (κ3) is 2.00. The zero-order valence-corrected chi connectivity index (χ0v) is 11.2. The minimum atomic E-state index is 0.471. The zero-order valence-electron chi connectivity index (χ0n) is 11.2. The first-order valence-corrected chi connectivity index (χ1v) is 7.05. The van der Waals surface area contributed by atoms with Crippen molar-refractivity contribution in [1.82, 2.24) is 25.1 Å². The van der Waals surface area contributed by atoms with Gasteiger partial charge in [-0.15, -0.1) is 0 Å². The molecule has 3 aromatic rings. The van der Waals surface area contributed by atoms with Crippen molar-refractivity contribution in [1.29, 1.82) is 0 Å². The Labute approximate surface area is 117 Å². The van der Waals surface area contributed by atoms with Crippen molar-refractivity contribution in [2.75, 3.05) is 0 Å². The molecule has 3 heterocycles. The summed E-state index contributed by atoms with van der Waals surface area (Å²) in [5, 5.41) is 9.22. The molecule has 1 atom stereocenters. The molecule has 2 N–H and O–H groups in total. The van der Waals surface area contributed by atoms with Crippen molar-refractivity contribution < 1.29 is 0 Å². The highest BCUT2D eigenvalue weighted by Crippen LogP contribution is 2.18. The van der Waals surface area contributed by atoms with Crippen LogP contribution in [0.25, 0.3) is 10.9 Å². The number of hydrogen-bond acceptors (Lipinski definition) is 3. The highest BCUT2D eigenvalue weighted by Gasteiger charge is 2.19. The van der Waals surface area contributed by atoms with Gasteiger partial charge in [0.05, 0.1) is 6.54 Å². The van der Waals surface area contributed by atoms with E-state index in [9.17, 15) is 0 Å². The molecule has 0 fully saturated rings. The second kappa shape index (κ2) is 4.76. The molecule has 2 aromatic heterocycles. The molecule has 5 heteroatoms. The zero-order chi connectivity index (χ0) is 13.4. The van der Waals surface area contributed by atoms with Gasteiger partial charge in [0.25, 0.3) is 0 Å². The number of hydrogen-bond donors (Lipinski definition) is 2. The summed E-state index contributed by atoms with van der Waals surface area (Å²) in [6.07, 6.45) is 5.78. The van der Waals surface area contributed by atoms with E-state index in [0.717, 1.165) is 31.8 Å².